The molecule has 0 aliphatic carbocycles. The van der Waals surface area contributed by atoms with Gasteiger partial charge < -0.3 is 20.1 Å². The zero-order valence-electron chi connectivity index (χ0n) is 13.1. The molecule has 1 amide bonds. The molecule has 2 N–H and O–H groups in total. The SMILES string of the molecule is COCCCNC(=O)c1ccccc1N/C=C(\C#N)C(=O)OC. The van der Waals surface area contributed by atoms with Crippen molar-refractivity contribution in [3.8, 4) is 6.07 Å². The summed E-state index contributed by atoms with van der Waals surface area (Å²) in [5.74, 6) is -1.00. The number of hydrogen-bond donors (Lipinski definition) is 2. The smallest absolute Gasteiger partial charge is 0.350 e. The van der Waals surface area contributed by atoms with Gasteiger partial charge >= 0.3 is 5.97 Å². The molecular weight excluding hydrogens is 298 g/mol. The first-order valence-corrected chi connectivity index (χ1v) is 6.95. The molecule has 1 aromatic carbocycles. The van der Waals surface area contributed by atoms with Crippen molar-refractivity contribution in [2.75, 3.05) is 32.7 Å². The van der Waals surface area contributed by atoms with Gasteiger partial charge in [-0.3, -0.25) is 4.79 Å². The highest BCUT2D eigenvalue weighted by Crippen LogP contribution is 2.15. The van der Waals surface area contributed by atoms with Crippen LogP contribution in [0.15, 0.2) is 36.0 Å². The Bertz CT molecular complexity index is 620. The quantitative estimate of drug-likeness (QED) is 0.326. The summed E-state index contributed by atoms with van der Waals surface area (Å²) in [4.78, 5) is 23.5. The highest BCUT2D eigenvalue weighted by Gasteiger charge is 2.12. The van der Waals surface area contributed by atoms with E-state index in [1.807, 2.05) is 0 Å². The summed E-state index contributed by atoms with van der Waals surface area (Å²) in [5.41, 5.74) is 0.694. The van der Waals surface area contributed by atoms with Crippen LogP contribution in [0.1, 0.15) is 16.8 Å². The van der Waals surface area contributed by atoms with E-state index >= 15 is 0 Å². The predicted molar refractivity (Wildman–Crippen MR) is 84.6 cm³/mol. The molecule has 0 fully saturated rings. The first-order chi connectivity index (χ1) is 11.1. The minimum atomic E-state index is -0.749. The molecule has 0 atom stereocenters. The van der Waals surface area contributed by atoms with Gasteiger partial charge in [0.05, 0.1) is 18.4 Å². The van der Waals surface area contributed by atoms with E-state index in [1.54, 1.807) is 37.4 Å². The molecule has 0 aliphatic heterocycles. The van der Waals surface area contributed by atoms with Gasteiger partial charge in [-0.15, -0.1) is 0 Å². The second-order valence-corrected chi connectivity index (χ2v) is 4.45. The van der Waals surface area contributed by atoms with E-state index in [0.29, 0.717) is 30.8 Å². The molecule has 23 heavy (non-hydrogen) atoms. The van der Waals surface area contributed by atoms with E-state index in [4.69, 9.17) is 10.00 Å². The number of anilines is 1. The minimum absolute atomic E-state index is 0.192. The van der Waals surface area contributed by atoms with Crippen LogP contribution in [-0.2, 0) is 14.3 Å². The fourth-order valence-electron chi connectivity index (χ4n) is 1.72. The fraction of sp³-hybridized carbons (Fsp3) is 0.312. The number of benzene rings is 1. The van der Waals surface area contributed by atoms with E-state index in [2.05, 4.69) is 15.4 Å². The van der Waals surface area contributed by atoms with E-state index in [1.165, 1.54) is 13.3 Å². The molecule has 1 aromatic rings. The van der Waals surface area contributed by atoms with Crippen LogP contribution in [-0.4, -0.2) is 39.2 Å². The number of methoxy groups -OCH3 is 2. The van der Waals surface area contributed by atoms with Crippen molar-refractivity contribution in [3.63, 3.8) is 0 Å². The Hall–Kier alpha value is -2.85. The van der Waals surface area contributed by atoms with Gasteiger partial charge in [-0.1, -0.05) is 12.1 Å². The number of ether oxygens (including phenoxy) is 2. The Labute approximate surface area is 134 Å². The van der Waals surface area contributed by atoms with Crippen LogP contribution in [0.2, 0.25) is 0 Å². The van der Waals surface area contributed by atoms with E-state index < -0.39 is 5.97 Å². The number of amides is 1. The van der Waals surface area contributed by atoms with Crippen LogP contribution in [0, 0.1) is 11.3 Å². The molecule has 7 heteroatoms. The summed E-state index contributed by atoms with van der Waals surface area (Å²) in [6.07, 6.45) is 1.92. The van der Waals surface area contributed by atoms with E-state index in [0.717, 1.165) is 0 Å². The van der Waals surface area contributed by atoms with Crippen LogP contribution in [0.3, 0.4) is 0 Å². The van der Waals surface area contributed by atoms with Gasteiger partial charge in [-0.2, -0.15) is 5.26 Å². The van der Waals surface area contributed by atoms with Crippen molar-refractivity contribution < 1.29 is 19.1 Å². The zero-order chi connectivity index (χ0) is 17.1. The van der Waals surface area contributed by atoms with Gasteiger partial charge in [0.25, 0.3) is 5.91 Å². The maximum atomic E-state index is 12.2. The molecule has 0 unspecified atom stereocenters. The van der Waals surface area contributed by atoms with Gasteiger partial charge in [-0.05, 0) is 18.6 Å². The monoisotopic (exact) mass is 317 g/mol. The third-order valence-corrected chi connectivity index (χ3v) is 2.88. The Kier molecular flexibility index (Phi) is 7.89. The van der Waals surface area contributed by atoms with Gasteiger partial charge in [0.15, 0.2) is 5.57 Å². The summed E-state index contributed by atoms with van der Waals surface area (Å²) < 4.78 is 9.40. The van der Waals surface area contributed by atoms with Crippen molar-refractivity contribution in [1.82, 2.24) is 5.32 Å². The third-order valence-electron chi connectivity index (χ3n) is 2.88. The molecular formula is C16H19N3O4. The number of carbonyl (C=O) groups excluding carboxylic acids is 2. The van der Waals surface area contributed by atoms with Crippen LogP contribution in [0.4, 0.5) is 5.69 Å². The maximum Gasteiger partial charge on any atom is 0.350 e. The predicted octanol–water partition coefficient (Wildman–Crippen LogP) is 1.45. The lowest BCUT2D eigenvalue weighted by molar-refractivity contribution is -0.135. The standard InChI is InChI=1S/C16H19N3O4/c1-22-9-5-8-18-15(20)13-6-3-4-7-14(13)19-11-12(10-17)16(21)23-2/h3-4,6-7,11,19H,5,8-9H2,1-2H3,(H,18,20)/b12-11+. The molecule has 7 nitrogen and oxygen atoms in total. The third kappa shape index (κ3) is 5.80. The lowest BCUT2D eigenvalue weighted by Crippen LogP contribution is -2.25. The Morgan fingerprint density at radius 1 is 1.30 bits per heavy atom. The molecule has 0 spiro atoms. The summed E-state index contributed by atoms with van der Waals surface area (Å²) in [7, 11) is 2.79. The fourth-order valence-corrected chi connectivity index (χ4v) is 1.72. The zero-order valence-corrected chi connectivity index (χ0v) is 13.1. The summed E-state index contributed by atoms with van der Waals surface area (Å²) in [6.45, 7) is 1.05. The van der Waals surface area contributed by atoms with Crippen molar-refractivity contribution in [2.45, 2.75) is 6.42 Å². The number of para-hydroxylation sites is 1. The highest BCUT2D eigenvalue weighted by atomic mass is 16.5. The van der Waals surface area contributed by atoms with E-state index in [-0.39, 0.29) is 11.5 Å². The molecule has 0 saturated heterocycles. The Morgan fingerprint density at radius 3 is 2.70 bits per heavy atom. The first-order valence-electron chi connectivity index (χ1n) is 6.95. The molecule has 0 radical (unpaired) electrons. The second kappa shape index (κ2) is 9.97. The van der Waals surface area contributed by atoms with Gasteiger partial charge in [-0.25, -0.2) is 4.79 Å². The number of rotatable bonds is 8. The normalized spacial score (nSPS) is 10.6. The lowest BCUT2D eigenvalue weighted by atomic mass is 10.1. The van der Waals surface area contributed by atoms with Crippen LogP contribution < -0.4 is 10.6 Å². The number of nitrogens with zero attached hydrogens (tertiary/aromatic N) is 1. The summed E-state index contributed by atoms with van der Waals surface area (Å²) >= 11 is 0. The van der Waals surface area contributed by atoms with Crippen molar-refractivity contribution in [3.05, 3.63) is 41.6 Å². The minimum Gasteiger partial charge on any atom is -0.465 e. The molecule has 0 bridgehead atoms. The molecule has 0 aromatic heterocycles. The number of hydrogen-bond acceptors (Lipinski definition) is 6. The van der Waals surface area contributed by atoms with Gasteiger partial charge in [0, 0.05) is 26.5 Å². The van der Waals surface area contributed by atoms with Crippen LogP contribution in [0.25, 0.3) is 0 Å². The van der Waals surface area contributed by atoms with Crippen LogP contribution >= 0.6 is 0 Å². The number of esters is 1. The summed E-state index contributed by atoms with van der Waals surface area (Å²) in [6, 6.07) is 8.51. The van der Waals surface area contributed by atoms with Crippen LogP contribution in [0.5, 0.6) is 0 Å². The van der Waals surface area contributed by atoms with Crippen molar-refractivity contribution >= 4 is 17.6 Å². The van der Waals surface area contributed by atoms with E-state index in [9.17, 15) is 9.59 Å². The topological polar surface area (TPSA) is 100 Å². The Balaban J connectivity index is 2.81. The molecule has 0 heterocycles. The second-order valence-electron chi connectivity index (χ2n) is 4.45. The maximum absolute atomic E-state index is 12.2. The number of nitriles is 1. The average Bonchev–Trinajstić information content (AvgIpc) is 2.59. The number of carbonyl (C=O) groups is 2. The first kappa shape index (κ1) is 18.2. The number of nitrogens with one attached hydrogen (secondary N) is 2. The molecule has 1 rings (SSSR count). The van der Waals surface area contributed by atoms with Crippen molar-refractivity contribution in [2.24, 2.45) is 0 Å². The molecule has 0 saturated carbocycles. The highest BCUT2D eigenvalue weighted by molar-refractivity contribution is 6.00. The lowest BCUT2D eigenvalue weighted by Gasteiger charge is -2.10. The molecule has 0 aliphatic rings. The Morgan fingerprint density at radius 2 is 2.04 bits per heavy atom. The van der Waals surface area contributed by atoms with Gasteiger partial charge in [0.1, 0.15) is 6.07 Å². The largest absolute Gasteiger partial charge is 0.465 e. The summed E-state index contributed by atoms with van der Waals surface area (Å²) in [5, 5.41) is 14.5. The average molecular weight is 317 g/mol. The van der Waals surface area contributed by atoms with Crippen molar-refractivity contribution in [1.29, 1.82) is 5.26 Å². The van der Waals surface area contributed by atoms with Gasteiger partial charge in [0.2, 0.25) is 0 Å². The molecule has 122 valence electrons.